The van der Waals surface area contributed by atoms with Gasteiger partial charge in [0.25, 0.3) is 0 Å². The van der Waals surface area contributed by atoms with Crippen molar-refractivity contribution in [1.29, 1.82) is 0 Å². The van der Waals surface area contributed by atoms with Crippen LogP contribution in [0.4, 0.5) is 4.39 Å². The van der Waals surface area contributed by atoms with E-state index in [9.17, 15) is 57.8 Å². The molecule has 440 valence electrons. The molecular formula is C50H82FN17O11. The number of aliphatic imine (C=N–C) groups is 1. The number of carboxylic acid groups (broad SMARTS) is 1. The number of guanidine groups is 1. The van der Waals surface area contributed by atoms with Crippen LogP contribution in [-0.4, -0.2) is 174 Å². The van der Waals surface area contributed by atoms with Crippen molar-refractivity contribution in [1.82, 2.24) is 42.1 Å². The van der Waals surface area contributed by atoms with Gasteiger partial charge < -0.3 is 98.2 Å². The highest BCUT2D eigenvalue weighted by atomic mass is 19.1. The smallest absolute Gasteiger partial charge is 0.352 e. The number of aliphatic hydroxyl groups excluding tert-OH is 1. The Balaban J connectivity index is 1.49. The van der Waals surface area contributed by atoms with Gasteiger partial charge in [-0.3, -0.25) is 43.3 Å². The van der Waals surface area contributed by atoms with Crippen LogP contribution >= 0.6 is 0 Å². The number of nitrogens with two attached hydrogens (primary N) is 8. The number of carbonyl (C=O) groups is 9. The highest BCUT2D eigenvalue weighted by Crippen LogP contribution is 2.52. The van der Waals surface area contributed by atoms with Crippen LogP contribution in [0, 0.1) is 11.7 Å². The topological polar surface area (TPSA) is 502 Å². The molecule has 1 saturated heterocycles. The molecular weight excluding hydrogens is 1030 g/mol. The fourth-order valence-electron chi connectivity index (χ4n) is 9.57. The summed E-state index contributed by atoms with van der Waals surface area (Å²) in [5.74, 6) is -9.75. The summed E-state index contributed by atoms with van der Waals surface area (Å²) in [7, 11) is 0. The van der Waals surface area contributed by atoms with Gasteiger partial charge in [-0.25, -0.2) is 9.18 Å². The Bertz CT molecular complexity index is 2380. The van der Waals surface area contributed by atoms with Gasteiger partial charge in [-0.2, -0.15) is 0 Å². The summed E-state index contributed by atoms with van der Waals surface area (Å²) in [4.78, 5) is 128. The number of hydrogen-bond acceptors (Lipinski definition) is 17. The van der Waals surface area contributed by atoms with Gasteiger partial charge in [0.1, 0.15) is 47.3 Å². The van der Waals surface area contributed by atoms with Gasteiger partial charge in [-0.1, -0.05) is 18.2 Å². The standard InChI is InChI=1S/C50H82FN17O11/c51-30-11-3-9-28(23-30)31-25-50(31,47(79)65-33(12-1-2-17-52)41(72)64-35(45(76)77)15-7-21-60-48(57)58)67-42(73)36-16-8-22-68(36)44(75)34(14-6-20-55)62-38(70)27-61-40(71)32(13-5-19-54)63-43(74)39(37(69)26-56)66-46(78)49(59)24-29(49)10-4-18-53/h3,9,11,15,23,29,31-34,36-37,39,69H,1-2,4-8,10,12-14,16-22,24-27,52-56,59H2,(H,61,71)(H,62,70)(H,63,74)(H,64,72)(H,65,79)(H,66,78)(H,67,73)(H,76,77)(H4,57,58,60)/b35-15-/t29-,31-,32-,33-,34+,36-,37-,39-,49+,50?/m0/s1. The molecule has 8 amide bonds. The molecule has 0 bridgehead atoms. The Labute approximate surface area is 457 Å². The van der Waals surface area contributed by atoms with E-state index in [1.54, 1.807) is 6.07 Å². The second kappa shape index (κ2) is 31.0. The largest absolute Gasteiger partial charge is 0.477 e. The number of likely N-dealkylation sites (tertiary alicyclic amines) is 1. The first-order valence-electron chi connectivity index (χ1n) is 26.7. The summed E-state index contributed by atoms with van der Waals surface area (Å²) in [6.45, 7) is -0.163. The molecule has 1 heterocycles. The lowest BCUT2D eigenvalue weighted by atomic mass is 10.0. The van der Waals surface area contributed by atoms with Gasteiger partial charge >= 0.3 is 5.97 Å². The molecule has 1 aromatic carbocycles. The van der Waals surface area contributed by atoms with Crippen molar-refractivity contribution >= 4 is 59.2 Å². The van der Waals surface area contributed by atoms with Crippen molar-refractivity contribution in [2.45, 2.75) is 143 Å². The molecule has 4 rings (SSSR count). The number of hydrogen-bond donors (Lipinski definition) is 17. The first-order valence-corrected chi connectivity index (χ1v) is 26.7. The van der Waals surface area contributed by atoms with Crippen LogP contribution in [0.15, 0.2) is 41.0 Å². The number of halogens is 1. The third-order valence-electron chi connectivity index (χ3n) is 14.2. The Kier molecular flexibility index (Phi) is 25.4. The van der Waals surface area contributed by atoms with Crippen LogP contribution in [0.1, 0.15) is 101 Å². The normalized spacial score (nSPS) is 22.2. The number of amides is 8. The van der Waals surface area contributed by atoms with Gasteiger partial charge in [0.2, 0.25) is 47.3 Å². The molecule has 28 nitrogen and oxygen atoms in total. The molecule has 3 aliphatic rings. The molecule has 1 unspecified atom stereocenters. The Morgan fingerprint density at radius 3 is 2.09 bits per heavy atom. The second-order valence-electron chi connectivity index (χ2n) is 20.2. The fraction of sp³-hybridized carbons (Fsp3) is 0.640. The predicted molar refractivity (Wildman–Crippen MR) is 287 cm³/mol. The van der Waals surface area contributed by atoms with E-state index in [0.717, 1.165) is 0 Å². The molecule has 25 N–H and O–H groups in total. The summed E-state index contributed by atoms with van der Waals surface area (Å²) >= 11 is 0. The molecule has 3 fully saturated rings. The quantitative estimate of drug-likeness (QED) is 0.0130. The van der Waals surface area contributed by atoms with Gasteiger partial charge in [-0.05, 0) is 140 Å². The number of aliphatic hydroxyl groups is 1. The maximum absolute atomic E-state index is 14.6. The van der Waals surface area contributed by atoms with E-state index in [2.05, 4.69) is 42.2 Å². The second-order valence-corrected chi connectivity index (χ2v) is 20.2. The Hall–Kier alpha value is -6.89. The van der Waals surface area contributed by atoms with Crippen molar-refractivity contribution in [3.8, 4) is 0 Å². The van der Waals surface area contributed by atoms with Crippen molar-refractivity contribution in [3.63, 3.8) is 0 Å². The first-order chi connectivity index (χ1) is 37.6. The van der Waals surface area contributed by atoms with Gasteiger partial charge in [-0.15, -0.1) is 0 Å². The minimum Gasteiger partial charge on any atom is -0.477 e. The summed E-state index contributed by atoms with van der Waals surface area (Å²) in [6, 6.07) is -1.28. The van der Waals surface area contributed by atoms with E-state index in [0.29, 0.717) is 50.6 Å². The third-order valence-corrected chi connectivity index (χ3v) is 14.2. The maximum atomic E-state index is 14.6. The van der Waals surface area contributed by atoms with Crippen LogP contribution in [0.5, 0.6) is 0 Å². The predicted octanol–water partition coefficient (Wildman–Crippen LogP) is -5.65. The Morgan fingerprint density at radius 2 is 1.46 bits per heavy atom. The minimum atomic E-state index is -1.77. The first kappa shape index (κ1) is 64.6. The molecule has 1 aromatic rings. The molecule has 79 heavy (non-hydrogen) atoms. The number of benzene rings is 1. The zero-order valence-corrected chi connectivity index (χ0v) is 44.5. The maximum Gasteiger partial charge on any atom is 0.352 e. The monoisotopic (exact) mass is 1120 g/mol. The third kappa shape index (κ3) is 18.6. The molecule has 0 spiro atoms. The van der Waals surface area contributed by atoms with Gasteiger partial charge in [0.05, 0.1) is 18.2 Å². The van der Waals surface area contributed by atoms with E-state index in [-0.39, 0.29) is 96.0 Å². The number of nitrogens with zero attached hydrogens (tertiary/aromatic N) is 2. The minimum absolute atomic E-state index is 0.00891. The van der Waals surface area contributed by atoms with E-state index in [1.807, 2.05) is 0 Å². The van der Waals surface area contributed by atoms with Gasteiger partial charge in [0.15, 0.2) is 5.96 Å². The molecule has 0 aromatic heterocycles. The van der Waals surface area contributed by atoms with Gasteiger partial charge in [0, 0.05) is 25.6 Å². The molecule has 2 saturated carbocycles. The summed E-state index contributed by atoms with van der Waals surface area (Å²) < 4.78 is 14.6. The van der Waals surface area contributed by atoms with Crippen LogP contribution in [0.2, 0.25) is 0 Å². The highest BCUT2D eigenvalue weighted by molar-refractivity contribution is 6.02. The van der Waals surface area contributed by atoms with Crippen molar-refractivity contribution in [2.24, 2.45) is 56.8 Å². The van der Waals surface area contributed by atoms with Crippen LogP contribution in [0.3, 0.4) is 0 Å². The summed E-state index contributed by atoms with van der Waals surface area (Å²) in [5, 5.41) is 38.4. The average molecular weight is 1120 g/mol. The summed E-state index contributed by atoms with van der Waals surface area (Å²) in [6.07, 6.45) is 2.91. The fourth-order valence-corrected chi connectivity index (χ4v) is 9.57. The van der Waals surface area contributed by atoms with Crippen LogP contribution < -0.4 is 83.1 Å². The Morgan fingerprint density at radius 1 is 0.797 bits per heavy atom. The number of aliphatic carboxylic acids is 1. The lowest BCUT2D eigenvalue weighted by Crippen LogP contribution is -2.61. The molecule has 1 aliphatic heterocycles. The SMILES string of the molecule is NCCCC[C@H](NC(=O)C1(NC(=O)[C@@H]2CCCN2C(=O)[C@@H](CCCN)NC(=O)CNC(=O)[C@H](CCCN)NC(=O)[C@@H](NC(=O)[C@@]2(N)C[C@@H]2CCCN)[C@@H](O)CN)C[C@H]1c1cccc(F)c1)C(=O)N/C(=C\CCN=C(N)N)C(=O)O. The zero-order valence-electron chi connectivity index (χ0n) is 44.5. The molecule has 0 radical (unpaired) electrons. The number of nitrogens with one attached hydrogen (secondary N) is 7. The van der Waals surface area contributed by atoms with E-state index in [4.69, 9.17) is 45.9 Å². The number of unbranched alkanes of at least 4 members (excludes halogenated alkanes) is 1. The zero-order chi connectivity index (χ0) is 58.5. The number of rotatable bonds is 35. The molecule has 29 heteroatoms. The van der Waals surface area contributed by atoms with Crippen molar-refractivity contribution in [2.75, 3.05) is 52.4 Å². The van der Waals surface area contributed by atoms with Crippen molar-refractivity contribution < 1.29 is 57.8 Å². The van der Waals surface area contributed by atoms with E-state index >= 15 is 0 Å². The number of carboxylic acids is 1. The molecule has 10 atom stereocenters. The van der Waals surface area contributed by atoms with Crippen molar-refractivity contribution in [3.05, 3.63) is 47.4 Å². The average Bonchev–Trinajstić information content (AvgIpc) is 4.40. The highest BCUT2D eigenvalue weighted by Gasteiger charge is 2.63. The van der Waals surface area contributed by atoms with E-state index < -0.39 is 131 Å². The number of carbonyl (C=O) groups excluding carboxylic acids is 8. The summed E-state index contributed by atoms with van der Waals surface area (Å²) in [5.41, 5.74) is 42.3. The van der Waals surface area contributed by atoms with E-state index in [1.165, 1.54) is 29.2 Å². The van der Waals surface area contributed by atoms with Crippen LogP contribution in [0.25, 0.3) is 0 Å². The lowest BCUT2D eigenvalue weighted by molar-refractivity contribution is -0.142. The van der Waals surface area contributed by atoms with Crippen LogP contribution in [-0.2, 0) is 43.2 Å². The molecule has 2 aliphatic carbocycles. The lowest BCUT2D eigenvalue weighted by Gasteiger charge is -2.31.